The van der Waals surface area contributed by atoms with Gasteiger partial charge in [0.2, 0.25) is 5.91 Å². The first-order chi connectivity index (χ1) is 19.0. The van der Waals surface area contributed by atoms with Crippen molar-refractivity contribution in [3.63, 3.8) is 0 Å². The second-order valence-corrected chi connectivity index (χ2v) is 11.1. The summed E-state index contributed by atoms with van der Waals surface area (Å²) in [5, 5.41) is 43.1. The molecule has 0 fully saturated rings. The molecule has 230 valence electrons. The summed E-state index contributed by atoms with van der Waals surface area (Å²) >= 11 is 0. The number of rotatable bonds is 28. The standard InChI is InChI=1S/C33H63NO5/c1-3-5-7-9-11-13-15-17-19-21-23-25-27-31(37)33(39)34-29(28-35)32(38)30(36)26-24-22-20-18-16-14-12-10-8-6-4-2/h10,12,18,20,29-32,35-38H,3-9,11,13-17,19,21-28H2,1-2H3,(H,34,39)/b12-10+,20-18+. The van der Waals surface area contributed by atoms with E-state index in [0.717, 1.165) is 44.9 Å². The van der Waals surface area contributed by atoms with Gasteiger partial charge < -0.3 is 25.7 Å². The topological polar surface area (TPSA) is 110 Å². The number of carbonyl (C=O) groups excluding carboxylic acids is 1. The molecule has 5 N–H and O–H groups in total. The zero-order valence-electron chi connectivity index (χ0n) is 25.4. The fourth-order valence-corrected chi connectivity index (χ4v) is 4.70. The minimum absolute atomic E-state index is 0.362. The molecule has 0 aliphatic rings. The van der Waals surface area contributed by atoms with Crippen molar-refractivity contribution < 1.29 is 25.2 Å². The molecule has 0 aromatic carbocycles. The van der Waals surface area contributed by atoms with Gasteiger partial charge in [0.25, 0.3) is 0 Å². The number of aliphatic hydroxyl groups is 4. The number of unbranched alkanes of at least 4 members (excludes halogenated alkanes) is 15. The Morgan fingerprint density at radius 3 is 1.59 bits per heavy atom. The van der Waals surface area contributed by atoms with Gasteiger partial charge in [-0.2, -0.15) is 0 Å². The van der Waals surface area contributed by atoms with Gasteiger partial charge >= 0.3 is 0 Å². The maximum atomic E-state index is 12.4. The molecule has 4 unspecified atom stereocenters. The predicted octanol–water partition coefficient (Wildman–Crippen LogP) is 6.89. The Hall–Kier alpha value is -1.21. The summed E-state index contributed by atoms with van der Waals surface area (Å²) in [7, 11) is 0. The number of aliphatic hydroxyl groups excluding tert-OH is 4. The van der Waals surface area contributed by atoms with Gasteiger partial charge in [-0.1, -0.05) is 128 Å². The van der Waals surface area contributed by atoms with E-state index < -0.39 is 36.9 Å². The van der Waals surface area contributed by atoms with E-state index >= 15 is 0 Å². The van der Waals surface area contributed by atoms with Crippen LogP contribution in [0.15, 0.2) is 24.3 Å². The zero-order valence-corrected chi connectivity index (χ0v) is 25.4. The van der Waals surface area contributed by atoms with Crippen molar-refractivity contribution in [2.75, 3.05) is 6.61 Å². The quantitative estimate of drug-likeness (QED) is 0.0535. The van der Waals surface area contributed by atoms with Crippen LogP contribution in [0.5, 0.6) is 0 Å². The number of carbonyl (C=O) groups is 1. The summed E-state index contributed by atoms with van der Waals surface area (Å²) in [6.07, 6.45) is 27.7. The van der Waals surface area contributed by atoms with Gasteiger partial charge in [-0.3, -0.25) is 4.79 Å². The Labute approximate surface area is 240 Å². The van der Waals surface area contributed by atoms with Crippen molar-refractivity contribution in [3.05, 3.63) is 24.3 Å². The fourth-order valence-electron chi connectivity index (χ4n) is 4.70. The van der Waals surface area contributed by atoms with Crippen molar-refractivity contribution in [1.82, 2.24) is 5.32 Å². The lowest BCUT2D eigenvalue weighted by Crippen LogP contribution is -2.53. The Balaban J connectivity index is 3.95. The average molecular weight is 554 g/mol. The molecule has 6 heteroatoms. The minimum Gasteiger partial charge on any atom is -0.394 e. The maximum Gasteiger partial charge on any atom is 0.249 e. The number of allylic oxidation sites excluding steroid dienone is 4. The highest BCUT2D eigenvalue weighted by Crippen LogP contribution is 2.14. The first kappa shape index (κ1) is 37.8. The molecule has 0 saturated heterocycles. The molecule has 0 aromatic rings. The largest absolute Gasteiger partial charge is 0.394 e. The highest BCUT2D eigenvalue weighted by atomic mass is 16.3. The maximum absolute atomic E-state index is 12.4. The van der Waals surface area contributed by atoms with Crippen LogP contribution in [0, 0.1) is 0 Å². The van der Waals surface area contributed by atoms with E-state index in [9.17, 15) is 25.2 Å². The van der Waals surface area contributed by atoms with Crippen molar-refractivity contribution in [3.8, 4) is 0 Å². The van der Waals surface area contributed by atoms with Crippen LogP contribution in [0.25, 0.3) is 0 Å². The second-order valence-electron chi connectivity index (χ2n) is 11.1. The summed E-state index contributed by atoms with van der Waals surface area (Å²) in [5.74, 6) is -0.602. The molecule has 0 aliphatic heterocycles. The first-order valence-electron chi connectivity index (χ1n) is 16.2. The molecule has 0 aliphatic carbocycles. The van der Waals surface area contributed by atoms with Gasteiger partial charge in [-0.25, -0.2) is 0 Å². The van der Waals surface area contributed by atoms with Crippen molar-refractivity contribution in [2.45, 2.75) is 173 Å². The Kier molecular flexibility index (Phi) is 27.4. The van der Waals surface area contributed by atoms with E-state index in [1.54, 1.807) is 0 Å². The summed E-state index contributed by atoms with van der Waals surface area (Å²) in [4.78, 5) is 12.4. The highest BCUT2D eigenvalue weighted by Gasteiger charge is 2.28. The molecule has 4 atom stereocenters. The monoisotopic (exact) mass is 553 g/mol. The zero-order chi connectivity index (χ0) is 29.0. The molecule has 1 amide bonds. The van der Waals surface area contributed by atoms with E-state index in [4.69, 9.17) is 0 Å². The van der Waals surface area contributed by atoms with Gasteiger partial charge in [0.05, 0.1) is 18.8 Å². The molecule has 0 aromatic heterocycles. The number of hydrogen-bond acceptors (Lipinski definition) is 5. The molecular formula is C33H63NO5. The molecule has 0 spiro atoms. The van der Waals surface area contributed by atoms with E-state index in [0.29, 0.717) is 19.3 Å². The Bertz CT molecular complexity index is 595. The van der Waals surface area contributed by atoms with Gasteiger partial charge in [-0.05, 0) is 44.9 Å². The van der Waals surface area contributed by atoms with Gasteiger partial charge in [0.1, 0.15) is 12.2 Å². The third-order valence-corrected chi connectivity index (χ3v) is 7.39. The summed E-state index contributed by atoms with van der Waals surface area (Å²) in [6, 6.07) is -1.00. The molecule has 0 radical (unpaired) electrons. The minimum atomic E-state index is -1.28. The third-order valence-electron chi connectivity index (χ3n) is 7.39. The van der Waals surface area contributed by atoms with Crippen LogP contribution in [-0.4, -0.2) is 57.3 Å². The summed E-state index contributed by atoms with van der Waals surface area (Å²) in [5.41, 5.74) is 0. The van der Waals surface area contributed by atoms with Crippen LogP contribution in [0.4, 0.5) is 0 Å². The molecule has 0 saturated carbocycles. The number of hydrogen-bond donors (Lipinski definition) is 5. The highest BCUT2D eigenvalue weighted by molar-refractivity contribution is 5.80. The van der Waals surface area contributed by atoms with E-state index in [2.05, 4.69) is 43.5 Å². The van der Waals surface area contributed by atoms with Gasteiger partial charge in [-0.15, -0.1) is 0 Å². The van der Waals surface area contributed by atoms with Crippen molar-refractivity contribution >= 4 is 5.91 Å². The third kappa shape index (κ3) is 23.2. The molecular weight excluding hydrogens is 490 g/mol. The number of amides is 1. The molecule has 0 rings (SSSR count). The lowest BCUT2D eigenvalue weighted by atomic mass is 10.00. The molecule has 0 bridgehead atoms. The van der Waals surface area contributed by atoms with Crippen LogP contribution in [0.1, 0.15) is 149 Å². The molecule has 39 heavy (non-hydrogen) atoms. The smallest absolute Gasteiger partial charge is 0.249 e. The van der Waals surface area contributed by atoms with Crippen molar-refractivity contribution in [1.29, 1.82) is 0 Å². The second kappa shape index (κ2) is 28.3. The SMILES string of the molecule is CCCC/C=C/CC/C=C/CCCC(O)C(O)C(CO)NC(=O)C(O)CCCCCCCCCCCCCC. The van der Waals surface area contributed by atoms with Crippen LogP contribution in [0.2, 0.25) is 0 Å². The normalized spacial score (nSPS) is 15.1. The van der Waals surface area contributed by atoms with Crippen LogP contribution < -0.4 is 5.32 Å². The van der Waals surface area contributed by atoms with Gasteiger partial charge in [0.15, 0.2) is 0 Å². The van der Waals surface area contributed by atoms with Crippen LogP contribution in [-0.2, 0) is 4.79 Å². The molecule has 0 heterocycles. The Morgan fingerprint density at radius 2 is 1.08 bits per heavy atom. The summed E-state index contributed by atoms with van der Waals surface area (Å²) < 4.78 is 0. The molecule has 6 nitrogen and oxygen atoms in total. The van der Waals surface area contributed by atoms with Crippen LogP contribution >= 0.6 is 0 Å². The number of nitrogens with one attached hydrogen (secondary N) is 1. The van der Waals surface area contributed by atoms with Crippen LogP contribution in [0.3, 0.4) is 0 Å². The summed E-state index contributed by atoms with van der Waals surface area (Å²) in [6.45, 7) is 3.94. The first-order valence-corrected chi connectivity index (χ1v) is 16.2. The lowest BCUT2D eigenvalue weighted by Gasteiger charge is -2.27. The fraction of sp³-hybridized carbons (Fsp3) is 0.848. The van der Waals surface area contributed by atoms with Gasteiger partial charge in [0, 0.05) is 0 Å². The average Bonchev–Trinajstić information content (AvgIpc) is 2.94. The van der Waals surface area contributed by atoms with E-state index in [1.165, 1.54) is 70.6 Å². The Morgan fingerprint density at radius 1 is 0.615 bits per heavy atom. The van der Waals surface area contributed by atoms with E-state index in [1.807, 2.05) is 0 Å². The lowest BCUT2D eigenvalue weighted by molar-refractivity contribution is -0.132. The van der Waals surface area contributed by atoms with Crippen molar-refractivity contribution in [2.24, 2.45) is 0 Å². The predicted molar refractivity (Wildman–Crippen MR) is 164 cm³/mol. The van der Waals surface area contributed by atoms with E-state index in [-0.39, 0.29) is 0 Å².